The van der Waals surface area contributed by atoms with E-state index >= 15 is 0 Å². The number of benzene rings is 2. The van der Waals surface area contributed by atoms with Gasteiger partial charge in [0.25, 0.3) is 0 Å². The van der Waals surface area contributed by atoms with Gasteiger partial charge < -0.3 is 14.4 Å². The van der Waals surface area contributed by atoms with Gasteiger partial charge in [0.15, 0.2) is 5.16 Å². The number of aromatic nitrogens is 2. The lowest BCUT2D eigenvalue weighted by Crippen LogP contribution is -2.42. The summed E-state index contributed by atoms with van der Waals surface area (Å²) in [6, 6.07) is 20.3. The van der Waals surface area contributed by atoms with E-state index in [4.69, 9.17) is 9.72 Å². The Hall–Kier alpha value is -2.57. The summed E-state index contributed by atoms with van der Waals surface area (Å²) in [5, 5.41) is 11.1. The van der Waals surface area contributed by atoms with Crippen molar-refractivity contribution in [2.45, 2.75) is 36.6 Å². The standard InChI is InChI=1S/C23H24N2O3S/c1-23(27)13-18(28-19(26)14-23)15-29-22-24-20(16-9-5-3-6-10-16)21(25(22)2)17-11-7-4-8-12-17/h3-12,18,27H,13-15H2,1-2H3/t18-,23-/m1/s1. The fourth-order valence-electron chi connectivity index (χ4n) is 3.73. The second kappa shape index (κ2) is 8.05. The van der Waals surface area contributed by atoms with Crippen molar-refractivity contribution in [2.24, 2.45) is 7.05 Å². The normalized spacial score (nSPS) is 21.8. The van der Waals surface area contributed by atoms with Gasteiger partial charge in [0.1, 0.15) is 6.10 Å². The average Bonchev–Trinajstić information content (AvgIpc) is 3.02. The molecule has 2 atom stereocenters. The SMILES string of the molecule is Cn1c(SC[C@H]2C[C@@](C)(O)CC(=O)O2)nc(-c2ccccc2)c1-c1ccccc1. The summed E-state index contributed by atoms with van der Waals surface area (Å²) in [7, 11) is 2.01. The Labute approximate surface area is 174 Å². The van der Waals surface area contributed by atoms with Crippen molar-refractivity contribution in [3.63, 3.8) is 0 Å². The molecule has 0 unspecified atom stereocenters. The fourth-order valence-corrected chi connectivity index (χ4v) is 4.70. The molecular weight excluding hydrogens is 384 g/mol. The molecule has 0 bridgehead atoms. The third kappa shape index (κ3) is 4.38. The monoisotopic (exact) mass is 408 g/mol. The van der Waals surface area contributed by atoms with E-state index in [0.717, 1.165) is 27.7 Å². The van der Waals surface area contributed by atoms with Gasteiger partial charge in [-0.2, -0.15) is 0 Å². The van der Waals surface area contributed by atoms with E-state index in [-0.39, 0.29) is 18.5 Å². The molecule has 0 spiro atoms. The highest BCUT2D eigenvalue weighted by atomic mass is 32.2. The third-order valence-corrected chi connectivity index (χ3v) is 6.20. The van der Waals surface area contributed by atoms with Gasteiger partial charge in [-0.05, 0) is 6.92 Å². The summed E-state index contributed by atoms with van der Waals surface area (Å²) in [6.45, 7) is 1.69. The van der Waals surface area contributed by atoms with E-state index < -0.39 is 5.60 Å². The minimum absolute atomic E-state index is 0.0485. The van der Waals surface area contributed by atoms with Crippen LogP contribution >= 0.6 is 11.8 Å². The zero-order chi connectivity index (χ0) is 20.4. The van der Waals surface area contributed by atoms with E-state index in [0.29, 0.717) is 12.2 Å². The van der Waals surface area contributed by atoms with Gasteiger partial charge in [0.05, 0.1) is 23.4 Å². The number of carbonyl (C=O) groups excluding carboxylic acids is 1. The Balaban J connectivity index is 1.65. The summed E-state index contributed by atoms with van der Waals surface area (Å²) < 4.78 is 7.52. The van der Waals surface area contributed by atoms with Crippen LogP contribution in [-0.4, -0.2) is 38.1 Å². The lowest BCUT2D eigenvalue weighted by atomic mass is 9.93. The van der Waals surface area contributed by atoms with Gasteiger partial charge in [-0.25, -0.2) is 4.98 Å². The number of esters is 1. The van der Waals surface area contributed by atoms with Crippen molar-refractivity contribution in [3.05, 3.63) is 60.7 Å². The van der Waals surface area contributed by atoms with Crippen molar-refractivity contribution in [3.8, 4) is 22.5 Å². The largest absolute Gasteiger partial charge is 0.461 e. The molecule has 2 heterocycles. The Morgan fingerprint density at radius 1 is 1.14 bits per heavy atom. The predicted octanol–water partition coefficient (Wildman–Crippen LogP) is 4.30. The van der Waals surface area contributed by atoms with Gasteiger partial charge >= 0.3 is 5.97 Å². The van der Waals surface area contributed by atoms with Crippen LogP contribution in [0.4, 0.5) is 0 Å². The molecule has 0 saturated carbocycles. The maximum atomic E-state index is 11.8. The summed E-state index contributed by atoms with van der Waals surface area (Å²) in [4.78, 5) is 16.7. The molecule has 1 N–H and O–H groups in total. The van der Waals surface area contributed by atoms with Gasteiger partial charge in [-0.15, -0.1) is 0 Å². The minimum Gasteiger partial charge on any atom is -0.461 e. The molecule has 1 saturated heterocycles. The zero-order valence-corrected chi connectivity index (χ0v) is 17.4. The van der Waals surface area contributed by atoms with E-state index in [9.17, 15) is 9.90 Å². The van der Waals surface area contributed by atoms with Crippen molar-refractivity contribution in [1.82, 2.24) is 9.55 Å². The number of thioether (sulfide) groups is 1. The quantitative estimate of drug-likeness (QED) is 0.504. The lowest BCUT2D eigenvalue weighted by molar-refractivity contribution is -0.165. The first kappa shape index (κ1) is 19.7. The minimum atomic E-state index is -1.01. The molecule has 5 nitrogen and oxygen atoms in total. The van der Waals surface area contributed by atoms with Gasteiger partial charge in [-0.1, -0.05) is 72.4 Å². The topological polar surface area (TPSA) is 64.4 Å². The van der Waals surface area contributed by atoms with Crippen LogP contribution < -0.4 is 0 Å². The van der Waals surface area contributed by atoms with Crippen LogP contribution in [0.3, 0.4) is 0 Å². The van der Waals surface area contributed by atoms with Gasteiger partial charge in [0, 0.05) is 30.3 Å². The molecular formula is C23H24N2O3S. The molecule has 29 heavy (non-hydrogen) atoms. The highest BCUT2D eigenvalue weighted by molar-refractivity contribution is 7.99. The van der Waals surface area contributed by atoms with E-state index in [1.165, 1.54) is 0 Å². The maximum absolute atomic E-state index is 11.8. The molecule has 1 aromatic heterocycles. The van der Waals surface area contributed by atoms with Crippen LogP contribution in [0, 0.1) is 0 Å². The molecule has 150 valence electrons. The van der Waals surface area contributed by atoms with Crippen LogP contribution in [-0.2, 0) is 16.6 Å². The molecule has 3 aromatic rings. The Kier molecular flexibility index (Phi) is 5.48. The molecule has 1 aliphatic heterocycles. The van der Waals surface area contributed by atoms with Crippen molar-refractivity contribution in [2.75, 3.05) is 5.75 Å². The number of aliphatic hydroxyl groups is 1. The maximum Gasteiger partial charge on any atom is 0.309 e. The zero-order valence-electron chi connectivity index (χ0n) is 16.5. The van der Waals surface area contributed by atoms with Crippen molar-refractivity contribution >= 4 is 17.7 Å². The molecule has 2 aromatic carbocycles. The molecule has 1 aliphatic rings. The van der Waals surface area contributed by atoms with Crippen molar-refractivity contribution < 1.29 is 14.6 Å². The number of imidazole rings is 1. The smallest absolute Gasteiger partial charge is 0.309 e. The van der Waals surface area contributed by atoms with Crippen LogP contribution in [0.2, 0.25) is 0 Å². The van der Waals surface area contributed by atoms with Crippen LogP contribution in [0.25, 0.3) is 22.5 Å². The molecule has 1 fully saturated rings. The molecule has 0 radical (unpaired) electrons. The molecule has 4 rings (SSSR count). The first-order valence-corrected chi connectivity index (χ1v) is 10.6. The highest BCUT2D eigenvalue weighted by Gasteiger charge is 2.36. The third-order valence-electron chi connectivity index (χ3n) is 5.04. The van der Waals surface area contributed by atoms with E-state index in [1.807, 2.05) is 43.4 Å². The first-order valence-electron chi connectivity index (χ1n) is 9.65. The Bertz CT molecular complexity index is 1000. The molecule has 6 heteroatoms. The fraction of sp³-hybridized carbons (Fsp3) is 0.304. The number of ether oxygens (including phenoxy) is 1. The summed E-state index contributed by atoms with van der Waals surface area (Å²) >= 11 is 1.54. The van der Waals surface area contributed by atoms with E-state index in [2.05, 4.69) is 28.8 Å². The second-order valence-corrected chi connectivity index (χ2v) is 8.67. The Morgan fingerprint density at radius 3 is 2.38 bits per heavy atom. The van der Waals surface area contributed by atoms with Crippen LogP contribution in [0.1, 0.15) is 19.8 Å². The first-order chi connectivity index (χ1) is 13.9. The highest BCUT2D eigenvalue weighted by Crippen LogP contribution is 2.36. The van der Waals surface area contributed by atoms with Gasteiger partial charge in [0.2, 0.25) is 0 Å². The number of rotatable bonds is 5. The Morgan fingerprint density at radius 2 is 1.76 bits per heavy atom. The van der Waals surface area contributed by atoms with Crippen LogP contribution in [0.15, 0.2) is 65.8 Å². The second-order valence-electron chi connectivity index (χ2n) is 7.68. The summed E-state index contributed by atoms with van der Waals surface area (Å²) in [5.41, 5.74) is 3.12. The number of cyclic esters (lactones) is 1. The van der Waals surface area contributed by atoms with Crippen molar-refractivity contribution in [1.29, 1.82) is 0 Å². The summed E-state index contributed by atoms with van der Waals surface area (Å²) in [5.74, 6) is 0.205. The molecule has 0 aliphatic carbocycles. The lowest BCUT2D eigenvalue weighted by Gasteiger charge is -2.32. The number of hydrogen-bond donors (Lipinski definition) is 1. The number of nitrogens with zero attached hydrogens (tertiary/aromatic N) is 2. The number of carbonyl (C=O) groups is 1. The van der Waals surface area contributed by atoms with Crippen LogP contribution in [0.5, 0.6) is 0 Å². The number of hydrogen-bond acceptors (Lipinski definition) is 5. The summed E-state index contributed by atoms with van der Waals surface area (Å²) in [6.07, 6.45) is 0.161. The van der Waals surface area contributed by atoms with E-state index in [1.54, 1.807) is 18.7 Å². The predicted molar refractivity (Wildman–Crippen MR) is 115 cm³/mol. The average molecular weight is 409 g/mol. The van der Waals surface area contributed by atoms with Gasteiger partial charge in [-0.3, -0.25) is 4.79 Å². The molecule has 0 amide bonds.